The molecule has 1 saturated heterocycles. The summed E-state index contributed by atoms with van der Waals surface area (Å²) in [5.41, 5.74) is 0.899. The van der Waals surface area contributed by atoms with Gasteiger partial charge in [-0.2, -0.15) is 0 Å². The number of hydrogen-bond donors (Lipinski definition) is 1. The van der Waals surface area contributed by atoms with E-state index in [1.165, 1.54) is 0 Å². The molecule has 66 valence electrons. The summed E-state index contributed by atoms with van der Waals surface area (Å²) in [6, 6.07) is 9.65. The quantitative estimate of drug-likeness (QED) is 0.742. The summed E-state index contributed by atoms with van der Waals surface area (Å²) >= 11 is 0.0492. The number of nitrogens with one attached hydrogen (secondary N) is 1. The summed E-state index contributed by atoms with van der Waals surface area (Å²) < 4.78 is 0. The molecular formula is C9H8N2OSe. The van der Waals surface area contributed by atoms with Crippen LogP contribution in [-0.4, -0.2) is 25.6 Å². The first-order chi connectivity index (χ1) is 6.34. The van der Waals surface area contributed by atoms with Gasteiger partial charge in [-0.3, -0.25) is 0 Å². The maximum absolute atomic E-state index is 10.9. The van der Waals surface area contributed by atoms with Crippen LogP contribution in [0.4, 0.5) is 10.5 Å². The van der Waals surface area contributed by atoms with Crippen LogP contribution in [0.3, 0.4) is 0 Å². The van der Waals surface area contributed by atoms with Crippen LogP contribution in [0.25, 0.3) is 0 Å². The van der Waals surface area contributed by atoms with Crippen molar-refractivity contribution >= 4 is 31.3 Å². The first-order valence-corrected chi connectivity index (χ1v) is 5.98. The molecule has 1 aliphatic heterocycles. The zero-order valence-electron chi connectivity index (χ0n) is 6.86. The molecule has 0 spiro atoms. The first kappa shape index (κ1) is 8.48. The van der Waals surface area contributed by atoms with Crippen molar-refractivity contribution in [3.63, 3.8) is 0 Å². The van der Waals surface area contributed by atoms with Crippen LogP contribution in [0, 0.1) is 0 Å². The zero-order valence-corrected chi connectivity index (χ0v) is 8.57. The average molecular weight is 239 g/mol. The fraction of sp³-hybridized carbons (Fsp3) is 0.111. The summed E-state index contributed by atoms with van der Waals surface area (Å²) in [5, 5.41) is 3.53. The van der Waals surface area contributed by atoms with Gasteiger partial charge in [0.1, 0.15) is 0 Å². The Balaban J connectivity index is 2.17. The van der Waals surface area contributed by atoms with E-state index in [2.05, 4.69) is 10.3 Å². The van der Waals surface area contributed by atoms with Crippen molar-refractivity contribution in [2.45, 2.75) is 5.32 Å². The molecule has 2 rings (SSSR count). The molecule has 1 amide bonds. The third-order valence-corrected chi connectivity index (χ3v) is 3.25. The van der Waals surface area contributed by atoms with Gasteiger partial charge in [-0.05, 0) is 0 Å². The number of para-hydroxylation sites is 1. The van der Waals surface area contributed by atoms with Gasteiger partial charge in [-0.1, -0.05) is 0 Å². The van der Waals surface area contributed by atoms with Gasteiger partial charge in [-0.25, -0.2) is 0 Å². The van der Waals surface area contributed by atoms with Crippen molar-refractivity contribution in [2.24, 2.45) is 4.99 Å². The van der Waals surface area contributed by atoms with E-state index in [0.717, 1.165) is 16.8 Å². The Labute approximate surface area is 82.4 Å². The minimum absolute atomic E-state index is 0.0492. The van der Waals surface area contributed by atoms with Gasteiger partial charge in [-0.15, -0.1) is 0 Å². The summed E-state index contributed by atoms with van der Waals surface area (Å²) in [6.45, 7) is 0. The monoisotopic (exact) mass is 240 g/mol. The normalized spacial score (nSPS) is 19.1. The number of aliphatic imine (C=N–C) groups is 1. The van der Waals surface area contributed by atoms with Gasteiger partial charge in [0.2, 0.25) is 0 Å². The molecule has 4 heteroatoms. The van der Waals surface area contributed by atoms with Crippen molar-refractivity contribution in [2.75, 3.05) is 0 Å². The molecule has 0 unspecified atom stereocenters. The van der Waals surface area contributed by atoms with Crippen LogP contribution in [-0.2, 0) is 0 Å². The van der Waals surface area contributed by atoms with E-state index in [1.54, 1.807) is 0 Å². The number of carbonyl (C=O) groups excluding carboxylic acids is 1. The molecule has 1 N–H and O–H groups in total. The standard InChI is InChI=1S/C9H8N2OSe/c12-9-11-8(6-13-9)10-7-4-2-1-3-5-7/h1-5H,6H2,(H,10,11,12). The predicted octanol–water partition coefficient (Wildman–Crippen LogP) is 1.56. The number of benzene rings is 1. The van der Waals surface area contributed by atoms with Gasteiger partial charge in [0.25, 0.3) is 0 Å². The second kappa shape index (κ2) is 3.73. The maximum atomic E-state index is 10.9. The molecule has 0 saturated carbocycles. The van der Waals surface area contributed by atoms with E-state index < -0.39 is 0 Å². The Morgan fingerprint density at radius 3 is 2.69 bits per heavy atom. The molecule has 1 aromatic rings. The van der Waals surface area contributed by atoms with E-state index in [1.807, 2.05) is 30.3 Å². The fourth-order valence-electron chi connectivity index (χ4n) is 1.04. The Morgan fingerprint density at radius 2 is 2.08 bits per heavy atom. The number of hydrogen-bond acceptors (Lipinski definition) is 2. The van der Waals surface area contributed by atoms with Crippen molar-refractivity contribution in [1.82, 2.24) is 5.32 Å². The fourth-order valence-corrected chi connectivity index (χ4v) is 2.29. The third-order valence-electron chi connectivity index (χ3n) is 1.61. The molecule has 0 radical (unpaired) electrons. The third kappa shape index (κ3) is 2.17. The predicted molar refractivity (Wildman–Crippen MR) is 52.6 cm³/mol. The summed E-state index contributed by atoms with van der Waals surface area (Å²) in [6.07, 6.45) is 0. The van der Waals surface area contributed by atoms with Gasteiger partial charge in [0.05, 0.1) is 0 Å². The molecule has 1 aromatic carbocycles. The molecule has 0 aliphatic carbocycles. The van der Waals surface area contributed by atoms with Gasteiger partial charge >= 0.3 is 82.0 Å². The number of nitrogens with zero attached hydrogens (tertiary/aromatic N) is 1. The van der Waals surface area contributed by atoms with Crippen molar-refractivity contribution in [3.8, 4) is 0 Å². The van der Waals surface area contributed by atoms with Crippen molar-refractivity contribution in [1.29, 1.82) is 0 Å². The molecular weight excluding hydrogens is 231 g/mol. The number of carbonyl (C=O) groups is 1. The first-order valence-electron chi connectivity index (χ1n) is 3.91. The number of rotatable bonds is 1. The summed E-state index contributed by atoms with van der Waals surface area (Å²) in [4.78, 5) is 15.3. The van der Waals surface area contributed by atoms with Crippen molar-refractivity contribution in [3.05, 3.63) is 30.3 Å². The summed E-state index contributed by atoms with van der Waals surface area (Å²) in [7, 11) is 0. The molecule has 0 aromatic heterocycles. The Hall–Kier alpha value is -1.12. The molecule has 13 heavy (non-hydrogen) atoms. The Bertz CT molecular complexity index is 348. The number of amidine groups is 1. The van der Waals surface area contributed by atoms with Crippen LogP contribution in [0.2, 0.25) is 5.32 Å². The Morgan fingerprint density at radius 1 is 1.31 bits per heavy atom. The second-order valence-corrected chi connectivity index (χ2v) is 4.58. The van der Waals surface area contributed by atoms with E-state index in [-0.39, 0.29) is 19.8 Å². The van der Waals surface area contributed by atoms with Crippen LogP contribution >= 0.6 is 0 Å². The molecule has 0 bridgehead atoms. The topological polar surface area (TPSA) is 41.5 Å². The van der Waals surface area contributed by atoms with E-state index in [4.69, 9.17) is 0 Å². The van der Waals surface area contributed by atoms with E-state index in [9.17, 15) is 4.79 Å². The molecule has 3 nitrogen and oxygen atoms in total. The van der Waals surface area contributed by atoms with Gasteiger partial charge in [0.15, 0.2) is 0 Å². The van der Waals surface area contributed by atoms with Gasteiger partial charge < -0.3 is 0 Å². The molecule has 1 aliphatic rings. The van der Waals surface area contributed by atoms with Crippen LogP contribution in [0.1, 0.15) is 0 Å². The Kier molecular flexibility index (Phi) is 2.43. The van der Waals surface area contributed by atoms with Crippen molar-refractivity contribution < 1.29 is 4.79 Å². The summed E-state index contributed by atoms with van der Waals surface area (Å²) in [5.74, 6) is 0.802. The molecule has 0 atom stereocenters. The second-order valence-electron chi connectivity index (χ2n) is 2.60. The zero-order chi connectivity index (χ0) is 9.10. The average Bonchev–Trinajstić information content (AvgIpc) is 2.53. The minimum atomic E-state index is 0.0492. The number of amides is 1. The van der Waals surface area contributed by atoms with Gasteiger partial charge in [0, 0.05) is 0 Å². The van der Waals surface area contributed by atoms with E-state index in [0.29, 0.717) is 0 Å². The van der Waals surface area contributed by atoms with Crippen LogP contribution in [0.5, 0.6) is 0 Å². The van der Waals surface area contributed by atoms with Crippen LogP contribution in [0.15, 0.2) is 35.3 Å². The molecule has 1 heterocycles. The SMILES string of the molecule is O=C1NC(=Nc2ccccc2)C[Se]1. The molecule has 1 fully saturated rings. The van der Waals surface area contributed by atoms with E-state index >= 15 is 0 Å². The van der Waals surface area contributed by atoms with Crippen LogP contribution < -0.4 is 5.32 Å².